The Morgan fingerprint density at radius 1 is 1.18 bits per heavy atom. The molecule has 0 bridgehead atoms. The van der Waals surface area contributed by atoms with Gasteiger partial charge in [0.25, 0.3) is 0 Å². The number of aliphatic hydroxyl groups is 1. The van der Waals surface area contributed by atoms with Gasteiger partial charge in [-0.05, 0) is 20.3 Å². The van der Waals surface area contributed by atoms with Crippen molar-refractivity contribution in [2.45, 2.75) is 63.0 Å². The first kappa shape index (κ1) is 11.9. The first-order chi connectivity index (χ1) is 8.00. The number of aliphatic hydroxyl groups excluding tert-OH is 1. The van der Waals surface area contributed by atoms with Crippen molar-refractivity contribution in [2.75, 3.05) is 13.2 Å². The van der Waals surface area contributed by atoms with Crippen LogP contribution in [0.25, 0.3) is 0 Å². The lowest BCUT2D eigenvalue weighted by Crippen LogP contribution is -2.62. The summed E-state index contributed by atoms with van der Waals surface area (Å²) in [6.45, 7) is 4.86. The lowest BCUT2D eigenvalue weighted by Gasteiger charge is -2.49. The van der Waals surface area contributed by atoms with Crippen LogP contribution in [0.2, 0.25) is 0 Å². The summed E-state index contributed by atoms with van der Waals surface area (Å²) >= 11 is 0. The van der Waals surface area contributed by atoms with Crippen molar-refractivity contribution in [1.82, 2.24) is 0 Å². The molecule has 4 atom stereocenters. The molecule has 98 valence electrons. The van der Waals surface area contributed by atoms with Gasteiger partial charge in [-0.2, -0.15) is 0 Å². The molecule has 5 heteroatoms. The fourth-order valence-corrected chi connectivity index (χ4v) is 2.93. The quantitative estimate of drug-likeness (QED) is 0.683. The van der Waals surface area contributed by atoms with E-state index in [0.29, 0.717) is 19.6 Å². The van der Waals surface area contributed by atoms with Gasteiger partial charge in [0.1, 0.15) is 12.2 Å². The van der Waals surface area contributed by atoms with Gasteiger partial charge in [0, 0.05) is 12.8 Å². The minimum absolute atomic E-state index is 0.232. The second kappa shape index (κ2) is 3.90. The molecule has 1 spiro atoms. The molecule has 0 aromatic heterocycles. The van der Waals surface area contributed by atoms with E-state index < -0.39 is 17.7 Å². The summed E-state index contributed by atoms with van der Waals surface area (Å²) in [5, 5.41) is 10.2. The minimum Gasteiger partial charge on any atom is -0.390 e. The van der Waals surface area contributed by atoms with E-state index in [-0.39, 0.29) is 12.2 Å². The SMILES string of the molecule is CC1(C)OC[C@H]2O[C@]3(CCCO3)C[C@@H](O)[C@@H]2O1. The minimum atomic E-state index is -0.646. The van der Waals surface area contributed by atoms with Crippen LogP contribution in [0.4, 0.5) is 0 Å². The molecule has 1 N–H and O–H groups in total. The third-order valence-corrected chi connectivity index (χ3v) is 3.71. The lowest BCUT2D eigenvalue weighted by molar-refractivity contribution is -0.384. The second-order valence-corrected chi connectivity index (χ2v) is 5.58. The van der Waals surface area contributed by atoms with Gasteiger partial charge in [0.2, 0.25) is 0 Å². The maximum Gasteiger partial charge on any atom is 0.171 e. The Morgan fingerprint density at radius 2 is 2.00 bits per heavy atom. The third kappa shape index (κ3) is 2.11. The van der Waals surface area contributed by atoms with Crippen LogP contribution in [0, 0.1) is 0 Å². The third-order valence-electron chi connectivity index (χ3n) is 3.71. The summed E-state index contributed by atoms with van der Waals surface area (Å²) < 4.78 is 22.9. The highest BCUT2D eigenvalue weighted by Crippen LogP contribution is 2.41. The first-order valence-corrected chi connectivity index (χ1v) is 6.31. The summed E-state index contributed by atoms with van der Waals surface area (Å²) in [5.74, 6) is -1.25. The van der Waals surface area contributed by atoms with E-state index in [1.165, 1.54) is 0 Å². The molecule has 0 radical (unpaired) electrons. The molecule has 0 saturated carbocycles. The fraction of sp³-hybridized carbons (Fsp3) is 1.00. The molecule has 0 aromatic rings. The molecular weight excluding hydrogens is 224 g/mol. The zero-order valence-corrected chi connectivity index (χ0v) is 10.3. The van der Waals surface area contributed by atoms with Crippen LogP contribution in [-0.4, -0.2) is 48.2 Å². The fourth-order valence-electron chi connectivity index (χ4n) is 2.93. The summed E-state index contributed by atoms with van der Waals surface area (Å²) in [6.07, 6.45) is 1.23. The topological polar surface area (TPSA) is 57.2 Å². The summed E-state index contributed by atoms with van der Waals surface area (Å²) in [7, 11) is 0. The molecule has 0 aromatic carbocycles. The predicted molar refractivity (Wildman–Crippen MR) is 58.3 cm³/mol. The van der Waals surface area contributed by atoms with Crippen LogP contribution >= 0.6 is 0 Å². The number of hydrogen-bond acceptors (Lipinski definition) is 5. The van der Waals surface area contributed by atoms with Gasteiger partial charge >= 0.3 is 0 Å². The van der Waals surface area contributed by atoms with Crippen LogP contribution < -0.4 is 0 Å². The Hall–Kier alpha value is -0.200. The Morgan fingerprint density at radius 3 is 2.71 bits per heavy atom. The molecule has 3 heterocycles. The van der Waals surface area contributed by atoms with Gasteiger partial charge in [-0.3, -0.25) is 0 Å². The van der Waals surface area contributed by atoms with Gasteiger partial charge in [-0.25, -0.2) is 0 Å². The van der Waals surface area contributed by atoms with Crippen molar-refractivity contribution < 1.29 is 24.1 Å². The highest BCUT2D eigenvalue weighted by atomic mass is 16.8. The Bertz CT molecular complexity index is 297. The van der Waals surface area contributed by atoms with Gasteiger partial charge in [-0.15, -0.1) is 0 Å². The summed E-state index contributed by atoms with van der Waals surface area (Å²) in [6, 6.07) is 0. The van der Waals surface area contributed by atoms with Crippen LogP contribution in [0.1, 0.15) is 33.1 Å². The molecule has 17 heavy (non-hydrogen) atoms. The smallest absolute Gasteiger partial charge is 0.171 e. The van der Waals surface area contributed by atoms with Crippen molar-refractivity contribution >= 4 is 0 Å². The second-order valence-electron chi connectivity index (χ2n) is 5.58. The zero-order valence-electron chi connectivity index (χ0n) is 10.3. The van der Waals surface area contributed by atoms with Gasteiger partial charge in [0.15, 0.2) is 11.6 Å². The number of ether oxygens (including phenoxy) is 4. The summed E-state index contributed by atoms with van der Waals surface area (Å²) in [5.41, 5.74) is 0. The molecule has 3 rings (SSSR count). The molecular formula is C12H20O5. The van der Waals surface area contributed by atoms with Crippen LogP contribution in [0.3, 0.4) is 0 Å². The molecule has 3 fully saturated rings. The molecule has 0 aliphatic carbocycles. The van der Waals surface area contributed by atoms with E-state index >= 15 is 0 Å². The Balaban J connectivity index is 1.75. The number of rotatable bonds is 0. The van der Waals surface area contributed by atoms with Crippen molar-refractivity contribution in [3.8, 4) is 0 Å². The zero-order chi connectivity index (χ0) is 12.1. The first-order valence-electron chi connectivity index (χ1n) is 6.31. The van der Waals surface area contributed by atoms with E-state index in [1.807, 2.05) is 13.8 Å². The van der Waals surface area contributed by atoms with E-state index in [9.17, 15) is 5.11 Å². The van der Waals surface area contributed by atoms with Crippen molar-refractivity contribution in [3.63, 3.8) is 0 Å². The average molecular weight is 244 g/mol. The van der Waals surface area contributed by atoms with Crippen LogP contribution in [0.15, 0.2) is 0 Å². The highest BCUT2D eigenvalue weighted by molar-refractivity contribution is 4.95. The number of fused-ring (bicyclic) bond motifs is 1. The van der Waals surface area contributed by atoms with Crippen molar-refractivity contribution in [1.29, 1.82) is 0 Å². The lowest BCUT2D eigenvalue weighted by atomic mass is 9.93. The van der Waals surface area contributed by atoms with Crippen LogP contribution in [0.5, 0.6) is 0 Å². The predicted octanol–water partition coefficient (Wildman–Crippen LogP) is 0.794. The number of hydrogen-bond donors (Lipinski definition) is 1. The average Bonchev–Trinajstić information content (AvgIpc) is 2.68. The van der Waals surface area contributed by atoms with E-state index in [2.05, 4.69) is 0 Å². The monoisotopic (exact) mass is 244 g/mol. The van der Waals surface area contributed by atoms with Gasteiger partial charge in [0.05, 0.1) is 19.3 Å². The molecule has 0 unspecified atom stereocenters. The van der Waals surface area contributed by atoms with Crippen molar-refractivity contribution in [3.05, 3.63) is 0 Å². The Kier molecular flexibility index (Phi) is 2.72. The molecule has 3 saturated heterocycles. The molecule has 0 amide bonds. The van der Waals surface area contributed by atoms with E-state index in [0.717, 1.165) is 12.8 Å². The van der Waals surface area contributed by atoms with Crippen molar-refractivity contribution in [2.24, 2.45) is 0 Å². The van der Waals surface area contributed by atoms with E-state index in [4.69, 9.17) is 18.9 Å². The van der Waals surface area contributed by atoms with Gasteiger partial charge < -0.3 is 24.1 Å². The van der Waals surface area contributed by atoms with Gasteiger partial charge in [-0.1, -0.05) is 0 Å². The largest absolute Gasteiger partial charge is 0.390 e. The standard InChI is InChI=1S/C12H20O5/c1-11(2)15-7-9-10(17-11)8(13)6-12(16-9)4-3-5-14-12/h8-10,13H,3-7H2,1-2H3/t8-,9-,10+,12-/m1/s1. The highest BCUT2D eigenvalue weighted by Gasteiger charge is 2.53. The normalized spacial score (nSPS) is 49.2. The maximum atomic E-state index is 10.2. The van der Waals surface area contributed by atoms with E-state index in [1.54, 1.807) is 0 Å². The Labute approximate surface area is 101 Å². The molecule has 5 nitrogen and oxygen atoms in total. The maximum absolute atomic E-state index is 10.2. The molecule has 3 aliphatic rings. The summed E-state index contributed by atoms with van der Waals surface area (Å²) in [4.78, 5) is 0. The molecule has 3 aliphatic heterocycles. The van der Waals surface area contributed by atoms with Crippen LogP contribution in [-0.2, 0) is 18.9 Å².